The van der Waals surface area contributed by atoms with E-state index in [-0.39, 0.29) is 18.1 Å². The highest BCUT2D eigenvalue weighted by atomic mass is 32.1. The van der Waals surface area contributed by atoms with Gasteiger partial charge in [0.1, 0.15) is 0 Å². The number of aliphatic hydroxyl groups is 1. The second kappa shape index (κ2) is 6.53. The monoisotopic (exact) mass is 289 g/mol. The standard InChI is InChI=1S/C17H23NOS/c1-13(15-7-4-6-14(10-15)11-19)18-12-17(2,3)16-8-5-9-20-16/h4-10,13,18-19H,11-12H2,1-3H3. The number of nitrogens with one attached hydrogen (secondary N) is 1. The SMILES string of the molecule is CC(NCC(C)(C)c1cccs1)c1cccc(CO)c1. The third-order valence-electron chi connectivity index (χ3n) is 3.67. The van der Waals surface area contributed by atoms with Gasteiger partial charge in [-0.15, -0.1) is 11.3 Å². The molecule has 3 heteroatoms. The first-order valence-corrected chi connectivity index (χ1v) is 7.88. The van der Waals surface area contributed by atoms with E-state index in [1.54, 1.807) is 0 Å². The van der Waals surface area contributed by atoms with Gasteiger partial charge in [-0.2, -0.15) is 0 Å². The Kier molecular flexibility index (Phi) is 4.97. The summed E-state index contributed by atoms with van der Waals surface area (Å²) in [5, 5.41) is 14.9. The van der Waals surface area contributed by atoms with Crippen LogP contribution in [0.3, 0.4) is 0 Å². The zero-order valence-electron chi connectivity index (χ0n) is 12.4. The van der Waals surface area contributed by atoms with Crippen LogP contribution in [0.25, 0.3) is 0 Å². The molecule has 108 valence electrons. The van der Waals surface area contributed by atoms with Gasteiger partial charge in [0.25, 0.3) is 0 Å². The van der Waals surface area contributed by atoms with Crippen molar-refractivity contribution in [3.05, 3.63) is 57.8 Å². The Hall–Kier alpha value is -1.16. The van der Waals surface area contributed by atoms with E-state index in [1.165, 1.54) is 10.4 Å². The maximum atomic E-state index is 9.21. The van der Waals surface area contributed by atoms with E-state index in [1.807, 2.05) is 23.5 Å². The number of hydrogen-bond acceptors (Lipinski definition) is 3. The molecule has 0 saturated carbocycles. The van der Waals surface area contributed by atoms with E-state index in [0.717, 1.165) is 12.1 Å². The van der Waals surface area contributed by atoms with Gasteiger partial charge in [0, 0.05) is 22.9 Å². The lowest BCUT2D eigenvalue weighted by atomic mass is 9.91. The quantitative estimate of drug-likeness (QED) is 0.846. The summed E-state index contributed by atoms with van der Waals surface area (Å²) in [6, 6.07) is 12.7. The van der Waals surface area contributed by atoms with Crippen molar-refractivity contribution in [1.82, 2.24) is 5.32 Å². The van der Waals surface area contributed by atoms with E-state index in [2.05, 4.69) is 55.7 Å². The Morgan fingerprint density at radius 1 is 1.25 bits per heavy atom. The van der Waals surface area contributed by atoms with E-state index >= 15 is 0 Å². The summed E-state index contributed by atoms with van der Waals surface area (Å²) < 4.78 is 0. The molecule has 0 aliphatic carbocycles. The number of benzene rings is 1. The number of thiophene rings is 1. The summed E-state index contributed by atoms with van der Waals surface area (Å²) in [4.78, 5) is 1.40. The van der Waals surface area contributed by atoms with E-state index in [0.29, 0.717) is 0 Å². The van der Waals surface area contributed by atoms with E-state index in [9.17, 15) is 5.11 Å². The highest BCUT2D eigenvalue weighted by molar-refractivity contribution is 7.10. The molecule has 1 aromatic carbocycles. The smallest absolute Gasteiger partial charge is 0.0681 e. The first-order valence-electron chi connectivity index (χ1n) is 7.00. The van der Waals surface area contributed by atoms with Gasteiger partial charge in [0.05, 0.1) is 6.61 Å². The number of rotatable bonds is 6. The van der Waals surface area contributed by atoms with Gasteiger partial charge in [-0.1, -0.05) is 44.2 Å². The molecule has 0 saturated heterocycles. The van der Waals surface area contributed by atoms with Crippen molar-refractivity contribution < 1.29 is 5.11 Å². The second-order valence-corrected chi connectivity index (χ2v) is 6.81. The van der Waals surface area contributed by atoms with Crippen LogP contribution in [0.2, 0.25) is 0 Å². The summed E-state index contributed by atoms with van der Waals surface area (Å²) >= 11 is 1.81. The lowest BCUT2D eigenvalue weighted by Gasteiger charge is -2.26. The molecule has 0 amide bonds. The van der Waals surface area contributed by atoms with Gasteiger partial charge in [-0.25, -0.2) is 0 Å². The molecule has 20 heavy (non-hydrogen) atoms. The van der Waals surface area contributed by atoms with Gasteiger partial charge in [0.15, 0.2) is 0 Å². The van der Waals surface area contributed by atoms with Gasteiger partial charge in [-0.3, -0.25) is 0 Å². The molecule has 2 aromatic rings. The molecule has 0 radical (unpaired) electrons. The molecule has 1 aromatic heterocycles. The Balaban J connectivity index is 1.99. The summed E-state index contributed by atoms with van der Waals surface area (Å²) in [6.45, 7) is 7.73. The van der Waals surface area contributed by atoms with Crippen LogP contribution in [0.15, 0.2) is 41.8 Å². The van der Waals surface area contributed by atoms with Crippen molar-refractivity contribution in [2.75, 3.05) is 6.54 Å². The van der Waals surface area contributed by atoms with Gasteiger partial charge in [-0.05, 0) is 29.5 Å². The van der Waals surface area contributed by atoms with Crippen LogP contribution >= 0.6 is 11.3 Å². The fraction of sp³-hybridized carbons (Fsp3) is 0.412. The molecule has 2 rings (SSSR count). The van der Waals surface area contributed by atoms with Gasteiger partial charge >= 0.3 is 0 Å². The van der Waals surface area contributed by atoms with Crippen LogP contribution in [0, 0.1) is 0 Å². The third kappa shape index (κ3) is 3.69. The summed E-state index contributed by atoms with van der Waals surface area (Å²) in [5.41, 5.74) is 2.32. The van der Waals surface area contributed by atoms with Crippen LogP contribution in [0.1, 0.15) is 42.8 Å². The molecule has 2 N–H and O–H groups in total. The highest BCUT2D eigenvalue weighted by Crippen LogP contribution is 2.27. The van der Waals surface area contributed by atoms with E-state index < -0.39 is 0 Å². The molecule has 1 atom stereocenters. The fourth-order valence-electron chi connectivity index (χ4n) is 2.24. The Morgan fingerprint density at radius 2 is 2.05 bits per heavy atom. The third-order valence-corrected chi connectivity index (χ3v) is 4.91. The molecule has 0 spiro atoms. The minimum Gasteiger partial charge on any atom is -0.392 e. The predicted molar refractivity (Wildman–Crippen MR) is 86.1 cm³/mol. The molecular formula is C17H23NOS. The van der Waals surface area contributed by atoms with Crippen molar-refractivity contribution >= 4 is 11.3 Å². The summed E-state index contributed by atoms with van der Waals surface area (Å²) in [7, 11) is 0. The zero-order valence-corrected chi connectivity index (χ0v) is 13.2. The number of hydrogen-bond donors (Lipinski definition) is 2. The maximum Gasteiger partial charge on any atom is 0.0681 e. The normalized spacial score (nSPS) is 13.4. The molecule has 0 fully saturated rings. The Morgan fingerprint density at radius 3 is 2.70 bits per heavy atom. The van der Waals surface area contributed by atoms with Crippen LogP contribution in [-0.4, -0.2) is 11.7 Å². The van der Waals surface area contributed by atoms with Crippen molar-refractivity contribution in [3.63, 3.8) is 0 Å². The van der Waals surface area contributed by atoms with Crippen LogP contribution in [0.4, 0.5) is 0 Å². The minimum atomic E-state index is 0.0985. The molecule has 0 aliphatic rings. The van der Waals surface area contributed by atoms with Crippen LogP contribution < -0.4 is 5.32 Å². The molecule has 2 nitrogen and oxygen atoms in total. The topological polar surface area (TPSA) is 32.3 Å². The Labute approximate surface area is 125 Å². The first-order chi connectivity index (χ1) is 9.53. The zero-order chi connectivity index (χ0) is 14.6. The maximum absolute atomic E-state index is 9.21. The Bertz CT molecular complexity index is 534. The molecular weight excluding hydrogens is 266 g/mol. The minimum absolute atomic E-state index is 0.0985. The van der Waals surface area contributed by atoms with Crippen molar-refractivity contribution in [3.8, 4) is 0 Å². The van der Waals surface area contributed by atoms with Crippen molar-refractivity contribution in [2.24, 2.45) is 0 Å². The highest BCUT2D eigenvalue weighted by Gasteiger charge is 2.22. The molecule has 0 aliphatic heterocycles. The molecule has 1 heterocycles. The second-order valence-electron chi connectivity index (χ2n) is 5.87. The van der Waals surface area contributed by atoms with E-state index in [4.69, 9.17) is 0 Å². The van der Waals surface area contributed by atoms with Gasteiger partial charge < -0.3 is 10.4 Å². The average Bonchev–Trinajstić information content (AvgIpc) is 3.00. The summed E-state index contributed by atoms with van der Waals surface area (Å²) in [6.07, 6.45) is 0. The van der Waals surface area contributed by atoms with Crippen LogP contribution in [-0.2, 0) is 12.0 Å². The van der Waals surface area contributed by atoms with Gasteiger partial charge in [0.2, 0.25) is 0 Å². The summed E-state index contributed by atoms with van der Waals surface area (Å²) in [5.74, 6) is 0. The van der Waals surface area contributed by atoms with Crippen LogP contribution in [0.5, 0.6) is 0 Å². The lowest BCUT2D eigenvalue weighted by molar-refractivity contribution is 0.281. The largest absolute Gasteiger partial charge is 0.392 e. The lowest BCUT2D eigenvalue weighted by Crippen LogP contribution is -2.33. The van der Waals surface area contributed by atoms with Crippen molar-refractivity contribution in [2.45, 2.75) is 38.8 Å². The molecule has 0 bridgehead atoms. The first kappa shape index (κ1) is 15.2. The fourth-order valence-corrected chi connectivity index (χ4v) is 3.09. The molecule has 1 unspecified atom stereocenters. The van der Waals surface area contributed by atoms with Crippen molar-refractivity contribution in [1.29, 1.82) is 0 Å². The number of aliphatic hydroxyl groups excluding tert-OH is 1. The predicted octanol–water partition coefficient (Wildman–Crippen LogP) is 3.87. The average molecular weight is 289 g/mol.